The zero-order valence-corrected chi connectivity index (χ0v) is 14.9. The Hall–Kier alpha value is -3.45. The monoisotopic (exact) mass is 383 g/mol. The molecule has 0 bridgehead atoms. The van der Waals surface area contributed by atoms with E-state index in [1.165, 1.54) is 6.26 Å². The van der Waals surface area contributed by atoms with Gasteiger partial charge in [0.2, 0.25) is 5.43 Å². The van der Waals surface area contributed by atoms with E-state index in [0.29, 0.717) is 27.2 Å². The molecule has 27 heavy (non-hydrogen) atoms. The van der Waals surface area contributed by atoms with Crippen molar-refractivity contribution < 1.29 is 14.0 Å². The number of para-hydroxylation sites is 1. The number of benzene rings is 2. The number of anilines is 1. The van der Waals surface area contributed by atoms with E-state index in [1.807, 2.05) is 0 Å². The molecule has 3 aromatic rings. The van der Waals surface area contributed by atoms with Gasteiger partial charge < -0.3 is 9.73 Å². The maximum Gasteiger partial charge on any atom is 0.329 e. The van der Waals surface area contributed by atoms with Crippen molar-refractivity contribution in [3.05, 3.63) is 75.1 Å². The van der Waals surface area contributed by atoms with Crippen molar-refractivity contribution in [3.8, 4) is 0 Å². The summed E-state index contributed by atoms with van der Waals surface area (Å²) in [5, 5.41) is 6.94. The number of hydrogen-bond donors (Lipinski definition) is 2. The van der Waals surface area contributed by atoms with Gasteiger partial charge in [-0.2, -0.15) is 5.10 Å². The Bertz CT molecular complexity index is 1120. The van der Waals surface area contributed by atoms with Gasteiger partial charge in [0.1, 0.15) is 11.8 Å². The minimum atomic E-state index is -0.990. The van der Waals surface area contributed by atoms with E-state index in [1.54, 1.807) is 49.4 Å². The first-order valence-electron chi connectivity index (χ1n) is 7.87. The molecule has 136 valence electrons. The van der Waals surface area contributed by atoms with Gasteiger partial charge in [-0.3, -0.25) is 14.4 Å². The minimum absolute atomic E-state index is 0.139. The van der Waals surface area contributed by atoms with Crippen molar-refractivity contribution in [2.45, 2.75) is 6.92 Å². The van der Waals surface area contributed by atoms with Crippen molar-refractivity contribution in [3.63, 3.8) is 0 Å². The van der Waals surface area contributed by atoms with Gasteiger partial charge in [-0.25, -0.2) is 5.43 Å². The number of hydrogen-bond acceptors (Lipinski definition) is 5. The van der Waals surface area contributed by atoms with Crippen LogP contribution in [0.15, 0.2) is 63.0 Å². The van der Waals surface area contributed by atoms with Crippen molar-refractivity contribution in [2.24, 2.45) is 5.10 Å². The van der Waals surface area contributed by atoms with Crippen LogP contribution in [-0.4, -0.2) is 18.0 Å². The normalized spacial score (nSPS) is 10.9. The lowest BCUT2D eigenvalue weighted by Crippen LogP contribution is -2.32. The van der Waals surface area contributed by atoms with Crippen LogP contribution in [0.1, 0.15) is 11.1 Å². The number of carbonyl (C=O) groups is 2. The molecule has 0 aliphatic carbocycles. The molecule has 0 unspecified atom stereocenters. The quantitative estimate of drug-likeness (QED) is 0.412. The molecule has 7 nitrogen and oxygen atoms in total. The van der Waals surface area contributed by atoms with Gasteiger partial charge in [-0.1, -0.05) is 29.8 Å². The SMILES string of the molecule is Cc1c(Cl)cccc1NC(=O)C(=O)N/N=C/c1coc2ccccc2c1=O. The summed E-state index contributed by atoms with van der Waals surface area (Å²) in [5.74, 6) is -1.90. The lowest BCUT2D eigenvalue weighted by Gasteiger charge is -2.08. The Labute approximate surface area is 158 Å². The molecular formula is C19H14ClN3O4. The average Bonchev–Trinajstić information content (AvgIpc) is 2.67. The van der Waals surface area contributed by atoms with E-state index in [4.69, 9.17) is 16.0 Å². The van der Waals surface area contributed by atoms with Crippen LogP contribution in [0, 0.1) is 6.92 Å². The number of rotatable bonds is 3. The summed E-state index contributed by atoms with van der Waals surface area (Å²) < 4.78 is 5.34. The number of hydrazone groups is 1. The minimum Gasteiger partial charge on any atom is -0.463 e. The number of amides is 2. The van der Waals surface area contributed by atoms with Gasteiger partial charge in [-0.15, -0.1) is 0 Å². The summed E-state index contributed by atoms with van der Waals surface area (Å²) in [7, 11) is 0. The molecule has 0 aliphatic heterocycles. The van der Waals surface area contributed by atoms with Gasteiger partial charge in [0, 0.05) is 10.7 Å². The summed E-state index contributed by atoms with van der Waals surface area (Å²) >= 11 is 5.97. The Morgan fingerprint density at radius 1 is 1.11 bits per heavy atom. The van der Waals surface area contributed by atoms with Crippen molar-refractivity contribution in [1.29, 1.82) is 0 Å². The van der Waals surface area contributed by atoms with Gasteiger partial charge in [0.05, 0.1) is 17.2 Å². The Morgan fingerprint density at radius 2 is 1.89 bits per heavy atom. The zero-order chi connectivity index (χ0) is 19.4. The highest BCUT2D eigenvalue weighted by Crippen LogP contribution is 2.22. The predicted molar refractivity (Wildman–Crippen MR) is 103 cm³/mol. The lowest BCUT2D eigenvalue weighted by molar-refractivity contribution is -0.136. The van der Waals surface area contributed by atoms with Crippen LogP contribution >= 0.6 is 11.6 Å². The second kappa shape index (κ2) is 7.84. The van der Waals surface area contributed by atoms with E-state index < -0.39 is 11.8 Å². The lowest BCUT2D eigenvalue weighted by atomic mass is 10.2. The molecule has 0 spiro atoms. The fourth-order valence-electron chi connectivity index (χ4n) is 2.32. The van der Waals surface area contributed by atoms with Crippen LogP contribution in [0.25, 0.3) is 11.0 Å². The summed E-state index contributed by atoms with van der Waals surface area (Å²) in [6, 6.07) is 11.7. The van der Waals surface area contributed by atoms with Crippen LogP contribution in [0.3, 0.4) is 0 Å². The molecule has 0 fully saturated rings. The largest absolute Gasteiger partial charge is 0.463 e. The third kappa shape index (κ3) is 4.04. The standard InChI is InChI=1S/C19H14ClN3O4/c1-11-14(20)6-4-7-15(11)22-18(25)19(26)23-21-9-12-10-27-16-8-3-2-5-13(16)17(12)24/h2-10H,1H3,(H,22,25)(H,23,26)/b21-9+. The molecule has 0 atom stereocenters. The number of carbonyl (C=O) groups excluding carboxylic acids is 2. The number of nitrogens with zero attached hydrogens (tertiary/aromatic N) is 1. The van der Waals surface area contributed by atoms with Gasteiger partial charge in [0.25, 0.3) is 0 Å². The molecule has 1 aromatic heterocycles. The molecule has 8 heteroatoms. The molecular weight excluding hydrogens is 370 g/mol. The van der Waals surface area contributed by atoms with Crippen LogP contribution in [0.2, 0.25) is 5.02 Å². The second-order valence-corrected chi connectivity index (χ2v) is 5.99. The topological polar surface area (TPSA) is 101 Å². The van der Waals surface area contributed by atoms with Crippen LogP contribution < -0.4 is 16.2 Å². The molecule has 2 aromatic carbocycles. The van der Waals surface area contributed by atoms with Gasteiger partial charge in [0.15, 0.2) is 0 Å². The fraction of sp³-hybridized carbons (Fsp3) is 0.0526. The van der Waals surface area contributed by atoms with E-state index in [0.717, 1.165) is 6.21 Å². The number of fused-ring (bicyclic) bond motifs is 1. The van der Waals surface area contributed by atoms with Crippen molar-refractivity contribution >= 4 is 46.3 Å². The highest BCUT2D eigenvalue weighted by atomic mass is 35.5. The summed E-state index contributed by atoms with van der Waals surface area (Å²) in [5.41, 5.74) is 3.41. The van der Waals surface area contributed by atoms with E-state index in [2.05, 4.69) is 15.8 Å². The third-order valence-corrected chi connectivity index (χ3v) is 4.21. The van der Waals surface area contributed by atoms with Crippen LogP contribution in [0.4, 0.5) is 5.69 Å². The molecule has 0 saturated heterocycles. The third-order valence-electron chi connectivity index (χ3n) is 3.80. The molecule has 0 aliphatic rings. The molecule has 3 rings (SSSR count). The molecule has 0 saturated carbocycles. The van der Waals surface area contributed by atoms with E-state index >= 15 is 0 Å². The molecule has 2 amide bonds. The van der Waals surface area contributed by atoms with Gasteiger partial charge in [-0.05, 0) is 36.8 Å². The summed E-state index contributed by atoms with van der Waals surface area (Å²) in [6.07, 6.45) is 2.35. The van der Waals surface area contributed by atoms with Gasteiger partial charge >= 0.3 is 11.8 Å². The van der Waals surface area contributed by atoms with E-state index in [-0.39, 0.29) is 11.0 Å². The first-order valence-corrected chi connectivity index (χ1v) is 8.25. The summed E-state index contributed by atoms with van der Waals surface area (Å²) in [4.78, 5) is 36.1. The Morgan fingerprint density at radius 3 is 2.70 bits per heavy atom. The maximum atomic E-state index is 12.3. The van der Waals surface area contributed by atoms with Crippen LogP contribution in [0.5, 0.6) is 0 Å². The zero-order valence-electron chi connectivity index (χ0n) is 14.2. The average molecular weight is 384 g/mol. The highest BCUT2D eigenvalue weighted by Gasteiger charge is 2.14. The Kier molecular flexibility index (Phi) is 5.33. The Balaban J connectivity index is 1.68. The highest BCUT2D eigenvalue weighted by molar-refractivity contribution is 6.40. The second-order valence-electron chi connectivity index (χ2n) is 5.58. The fourth-order valence-corrected chi connectivity index (χ4v) is 2.49. The van der Waals surface area contributed by atoms with Crippen molar-refractivity contribution in [1.82, 2.24) is 5.43 Å². The smallest absolute Gasteiger partial charge is 0.329 e. The predicted octanol–water partition coefficient (Wildman–Crippen LogP) is 2.84. The molecule has 0 radical (unpaired) electrons. The first-order chi connectivity index (χ1) is 13.0. The maximum absolute atomic E-state index is 12.3. The summed E-state index contributed by atoms with van der Waals surface area (Å²) in [6.45, 7) is 1.72. The molecule has 2 N–H and O–H groups in total. The van der Waals surface area contributed by atoms with Crippen molar-refractivity contribution in [2.75, 3.05) is 5.32 Å². The van der Waals surface area contributed by atoms with E-state index in [9.17, 15) is 14.4 Å². The number of halogens is 1. The number of nitrogens with one attached hydrogen (secondary N) is 2. The first kappa shape index (κ1) is 18.3. The molecule has 1 heterocycles. The van der Waals surface area contributed by atoms with Crippen LogP contribution in [-0.2, 0) is 9.59 Å².